The van der Waals surface area contributed by atoms with E-state index in [1.165, 1.54) is 28.3 Å². The van der Waals surface area contributed by atoms with E-state index in [0.29, 0.717) is 20.5 Å². The van der Waals surface area contributed by atoms with Crippen LogP contribution in [0.3, 0.4) is 0 Å². The number of benzene rings is 1. The van der Waals surface area contributed by atoms with E-state index in [9.17, 15) is 14.4 Å². The lowest BCUT2D eigenvalue weighted by atomic mass is 9.80. The van der Waals surface area contributed by atoms with Gasteiger partial charge in [-0.15, -0.1) is 0 Å². The fourth-order valence-corrected chi connectivity index (χ4v) is 3.98. The molecule has 0 bridgehead atoms. The van der Waals surface area contributed by atoms with E-state index >= 15 is 0 Å². The van der Waals surface area contributed by atoms with Gasteiger partial charge in [-0.3, -0.25) is 4.79 Å². The molecule has 0 radical (unpaired) electrons. The van der Waals surface area contributed by atoms with E-state index in [-0.39, 0.29) is 22.6 Å². The van der Waals surface area contributed by atoms with Crippen LogP contribution in [0.2, 0.25) is 0 Å². The molecule has 1 N–H and O–H groups in total. The molecule has 1 aliphatic heterocycles. The van der Waals surface area contributed by atoms with Crippen molar-refractivity contribution in [2.24, 2.45) is 0 Å². The molecule has 0 saturated heterocycles. The summed E-state index contributed by atoms with van der Waals surface area (Å²) in [5.41, 5.74) is 2.29. The number of esters is 3. The van der Waals surface area contributed by atoms with E-state index in [0.717, 1.165) is 0 Å². The number of ether oxygens (including phenoxy) is 4. The van der Waals surface area contributed by atoms with Gasteiger partial charge in [0.1, 0.15) is 0 Å². The molecule has 1 aromatic rings. The molecule has 1 aromatic carbocycles. The topological polar surface area (TPSA) is 100 Å². The largest absolute Gasteiger partial charge is 0.493 e. The fraction of sp³-hybridized carbons (Fsp3) is 0.350. The van der Waals surface area contributed by atoms with Crippen molar-refractivity contribution in [3.63, 3.8) is 0 Å². The van der Waals surface area contributed by atoms with Crippen molar-refractivity contribution < 1.29 is 33.3 Å². The first kappa shape index (κ1) is 22.7. The minimum absolute atomic E-state index is 0.239. The number of nitrogens with one attached hydrogen (secondary N) is 1. The zero-order valence-electron chi connectivity index (χ0n) is 17.0. The first-order valence-electron chi connectivity index (χ1n) is 8.57. The average Bonchev–Trinajstić information content (AvgIpc) is 2.66. The standard InChI is InChI=1S/C20H22INO7/c1-9-16(19(24)27-5)18(17(10(2)22-9)20(25)28-6)12-7-14(26-4)15(8-13(12)21)29-11(3)23/h7-8,18,22H,1-6H3. The molecule has 0 unspecified atom stereocenters. The maximum Gasteiger partial charge on any atom is 0.336 e. The predicted octanol–water partition coefficient (Wildman–Crippen LogP) is 2.81. The molecular weight excluding hydrogens is 493 g/mol. The van der Waals surface area contributed by atoms with Crippen LogP contribution < -0.4 is 14.8 Å². The van der Waals surface area contributed by atoms with Gasteiger partial charge >= 0.3 is 17.9 Å². The molecule has 156 valence electrons. The van der Waals surface area contributed by atoms with Crippen LogP contribution in [0, 0.1) is 3.57 Å². The average molecular weight is 515 g/mol. The monoisotopic (exact) mass is 515 g/mol. The number of rotatable bonds is 5. The smallest absolute Gasteiger partial charge is 0.336 e. The van der Waals surface area contributed by atoms with Gasteiger partial charge < -0.3 is 24.3 Å². The third-order valence-corrected chi connectivity index (χ3v) is 5.35. The van der Waals surface area contributed by atoms with Gasteiger partial charge in [0.2, 0.25) is 0 Å². The molecule has 2 rings (SSSR count). The summed E-state index contributed by atoms with van der Waals surface area (Å²) in [5.74, 6) is -1.88. The highest BCUT2D eigenvalue weighted by atomic mass is 127. The summed E-state index contributed by atoms with van der Waals surface area (Å²) in [6.45, 7) is 4.75. The quantitative estimate of drug-likeness (QED) is 0.363. The first-order chi connectivity index (χ1) is 13.7. The zero-order chi connectivity index (χ0) is 21.9. The van der Waals surface area contributed by atoms with E-state index in [1.54, 1.807) is 26.0 Å². The number of carbonyl (C=O) groups excluding carboxylic acids is 3. The van der Waals surface area contributed by atoms with Gasteiger partial charge in [0.25, 0.3) is 0 Å². The second-order valence-corrected chi connectivity index (χ2v) is 7.40. The van der Waals surface area contributed by atoms with Crippen molar-refractivity contribution in [2.45, 2.75) is 26.7 Å². The predicted molar refractivity (Wildman–Crippen MR) is 112 cm³/mol. The Balaban J connectivity index is 2.79. The summed E-state index contributed by atoms with van der Waals surface area (Å²) in [7, 11) is 3.99. The van der Waals surface area contributed by atoms with Crippen LogP contribution in [0.15, 0.2) is 34.7 Å². The lowest BCUT2D eigenvalue weighted by molar-refractivity contribution is -0.137. The molecule has 1 heterocycles. The van der Waals surface area contributed by atoms with Crippen LogP contribution in [-0.2, 0) is 23.9 Å². The Morgan fingerprint density at radius 3 is 1.86 bits per heavy atom. The molecule has 8 nitrogen and oxygen atoms in total. The highest BCUT2D eigenvalue weighted by Gasteiger charge is 2.39. The summed E-state index contributed by atoms with van der Waals surface area (Å²) in [4.78, 5) is 36.6. The number of carbonyl (C=O) groups is 3. The number of halogens is 1. The summed E-state index contributed by atoms with van der Waals surface area (Å²) >= 11 is 2.06. The highest BCUT2D eigenvalue weighted by molar-refractivity contribution is 14.1. The zero-order valence-corrected chi connectivity index (χ0v) is 19.1. The van der Waals surface area contributed by atoms with Crippen LogP contribution in [0.5, 0.6) is 11.5 Å². The second-order valence-electron chi connectivity index (χ2n) is 6.24. The van der Waals surface area contributed by atoms with Gasteiger partial charge in [-0.05, 0) is 54.1 Å². The van der Waals surface area contributed by atoms with Gasteiger partial charge in [0, 0.05) is 21.9 Å². The Hall–Kier alpha value is -2.56. The van der Waals surface area contributed by atoms with Crippen molar-refractivity contribution in [1.29, 1.82) is 0 Å². The first-order valence-corrected chi connectivity index (χ1v) is 9.65. The summed E-state index contributed by atoms with van der Waals surface area (Å²) in [6.07, 6.45) is 0. The molecule has 0 fully saturated rings. The lowest BCUT2D eigenvalue weighted by Gasteiger charge is -2.31. The van der Waals surface area contributed by atoms with Crippen LogP contribution in [0.1, 0.15) is 32.3 Å². The highest BCUT2D eigenvalue weighted by Crippen LogP contribution is 2.44. The Kier molecular flexibility index (Phi) is 7.28. The van der Waals surface area contributed by atoms with Gasteiger partial charge in [0.05, 0.1) is 38.4 Å². The van der Waals surface area contributed by atoms with Gasteiger partial charge in [-0.1, -0.05) is 0 Å². The maximum absolute atomic E-state index is 12.6. The molecular formula is C20H22INO7. The molecule has 1 aliphatic rings. The number of hydrogen-bond acceptors (Lipinski definition) is 8. The minimum Gasteiger partial charge on any atom is -0.493 e. The van der Waals surface area contributed by atoms with E-state index in [2.05, 4.69) is 27.9 Å². The molecule has 0 aliphatic carbocycles. The SMILES string of the molecule is COC(=O)C1=C(C)NC(C)=C(C(=O)OC)C1c1cc(OC)c(OC(C)=O)cc1I. The van der Waals surface area contributed by atoms with Gasteiger partial charge in [-0.25, -0.2) is 9.59 Å². The van der Waals surface area contributed by atoms with Crippen molar-refractivity contribution in [3.05, 3.63) is 43.8 Å². The lowest BCUT2D eigenvalue weighted by Crippen LogP contribution is -2.32. The molecule has 0 aromatic heterocycles. The van der Waals surface area contributed by atoms with Gasteiger partial charge in [-0.2, -0.15) is 0 Å². The van der Waals surface area contributed by atoms with E-state index in [4.69, 9.17) is 18.9 Å². The molecule has 29 heavy (non-hydrogen) atoms. The maximum atomic E-state index is 12.6. The summed E-state index contributed by atoms with van der Waals surface area (Å²) in [6, 6.07) is 3.26. The van der Waals surface area contributed by atoms with Crippen LogP contribution in [0.4, 0.5) is 0 Å². The number of dihydropyridines is 1. The summed E-state index contributed by atoms with van der Waals surface area (Å²) < 4.78 is 21.2. The van der Waals surface area contributed by atoms with E-state index in [1.807, 2.05) is 0 Å². The van der Waals surface area contributed by atoms with E-state index < -0.39 is 23.8 Å². The van der Waals surface area contributed by atoms with Crippen molar-refractivity contribution in [1.82, 2.24) is 5.32 Å². The summed E-state index contributed by atoms with van der Waals surface area (Å²) in [5, 5.41) is 3.05. The van der Waals surface area contributed by atoms with Crippen molar-refractivity contribution in [3.8, 4) is 11.5 Å². The Labute approximate surface area is 182 Å². The van der Waals surface area contributed by atoms with Crippen molar-refractivity contribution >= 4 is 40.5 Å². The Bertz CT molecular complexity index is 895. The normalized spacial score (nSPS) is 14.3. The molecule has 0 atom stereocenters. The van der Waals surface area contributed by atoms with Crippen LogP contribution in [0.25, 0.3) is 0 Å². The van der Waals surface area contributed by atoms with Crippen LogP contribution in [-0.4, -0.2) is 39.2 Å². The number of methoxy groups -OCH3 is 3. The molecule has 0 spiro atoms. The molecule has 9 heteroatoms. The molecule has 0 saturated carbocycles. The third kappa shape index (κ3) is 4.55. The number of hydrogen-bond donors (Lipinski definition) is 1. The third-order valence-electron chi connectivity index (χ3n) is 4.42. The molecule has 0 amide bonds. The minimum atomic E-state index is -0.761. The van der Waals surface area contributed by atoms with Crippen LogP contribution >= 0.6 is 22.6 Å². The van der Waals surface area contributed by atoms with Gasteiger partial charge in [0.15, 0.2) is 11.5 Å². The van der Waals surface area contributed by atoms with Crippen molar-refractivity contribution in [2.75, 3.05) is 21.3 Å². The fourth-order valence-electron chi connectivity index (χ4n) is 3.23. The number of allylic oxidation sites excluding steroid dienone is 2. The second kappa shape index (κ2) is 9.29. The Morgan fingerprint density at radius 2 is 1.45 bits per heavy atom. The Morgan fingerprint density at radius 1 is 0.931 bits per heavy atom.